The van der Waals surface area contributed by atoms with Gasteiger partial charge in [0.05, 0.1) is 41.6 Å². The fraction of sp³-hybridized carbons (Fsp3) is 0.462. The molecule has 0 aromatic carbocycles. The highest BCUT2D eigenvalue weighted by atomic mass is 19.3. The minimum Gasteiger partial charge on any atom is -0.395 e. The van der Waals surface area contributed by atoms with Gasteiger partial charge in [-0.1, -0.05) is 18.8 Å². The highest BCUT2D eigenvalue weighted by Crippen LogP contribution is 2.32. The van der Waals surface area contributed by atoms with Crippen molar-refractivity contribution in [2.24, 2.45) is 17.5 Å². The number of aromatic nitrogens is 2. The van der Waals surface area contributed by atoms with Gasteiger partial charge in [-0.3, -0.25) is 4.79 Å². The van der Waals surface area contributed by atoms with Crippen molar-refractivity contribution in [3.05, 3.63) is 63.5 Å². The summed E-state index contributed by atoms with van der Waals surface area (Å²) in [4.78, 5) is 19.1. The quantitative estimate of drug-likeness (QED) is 0.374. The van der Waals surface area contributed by atoms with Crippen LogP contribution in [0.5, 0.6) is 0 Å². The van der Waals surface area contributed by atoms with Crippen molar-refractivity contribution in [2.45, 2.75) is 51.5 Å². The Labute approximate surface area is 204 Å². The third-order valence-electron chi connectivity index (χ3n) is 6.35. The molecule has 1 saturated heterocycles. The number of hydrazine groups is 1. The summed E-state index contributed by atoms with van der Waals surface area (Å²) in [7, 11) is 1.65. The molecule has 2 aromatic heterocycles. The average molecular weight is 483 g/mol. The van der Waals surface area contributed by atoms with Crippen LogP contribution in [0.3, 0.4) is 0 Å². The molecule has 0 amide bonds. The monoisotopic (exact) mass is 482 g/mol. The molecular weight excluding hydrogens is 450 g/mol. The molecule has 1 saturated carbocycles. The zero-order valence-corrected chi connectivity index (χ0v) is 20.2. The van der Waals surface area contributed by atoms with E-state index < -0.39 is 5.92 Å². The summed E-state index contributed by atoms with van der Waals surface area (Å²) in [6.45, 7) is 2.33. The number of halogens is 2. The molecule has 0 radical (unpaired) electrons. The van der Waals surface area contributed by atoms with Gasteiger partial charge < -0.3 is 20.2 Å². The topological polar surface area (TPSA) is 93.4 Å². The Balaban J connectivity index is 1.61. The van der Waals surface area contributed by atoms with Gasteiger partial charge in [0.25, 0.3) is 11.5 Å². The molecule has 1 aliphatic heterocycles. The van der Waals surface area contributed by atoms with Crippen LogP contribution in [0.15, 0.2) is 41.0 Å². The van der Waals surface area contributed by atoms with Crippen molar-refractivity contribution in [1.29, 1.82) is 0 Å². The first kappa shape index (κ1) is 24.7. The SMILES string of the molecule is CCc1nc(/C(N)=C(\Cn2ccc(C#CC3CC3)cc2=O)N(C)N)ccc1N1CCCC(F)(F)C1. The lowest BCUT2D eigenvalue weighted by Crippen LogP contribution is -2.43. The van der Waals surface area contributed by atoms with E-state index in [9.17, 15) is 13.6 Å². The van der Waals surface area contributed by atoms with Gasteiger partial charge in [0.2, 0.25) is 0 Å². The first-order chi connectivity index (χ1) is 16.7. The van der Waals surface area contributed by atoms with Crippen LogP contribution >= 0.6 is 0 Å². The molecular formula is C26H32F2N6O. The molecule has 0 spiro atoms. The largest absolute Gasteiger partial charge is 0.395 e. The Bertz CT molecular complexity index is 1240. The first-order valence-electron chi connectivity index (χ1n) is 12.0. The zero-order valence-electron chi connectivity index (χ0n) is 20.2. The highest BCUT2D eigenvalue weighted by Gasteiger charge is 2.36. The lowest BCUT2D eigenvalue weighted by atomic mass is 10.1. The Kier molecular flexibility index (Phi) is 7.13. The molecule has 0 atom stereocenters. The number of pyridine rings is 2. The van der Waals surface area contributed by atoms with Crippen LogP contribution < -0.4 is 22.0 Å². The predicted molar refractivity (Wildman–Crippen MR) is 133 cm³/mol. The Hall–Kier alpha value is -3.38. The van der Waals surface area contributed by atoms with E-state index in [4.69, 9.17) is 11.6 Å². The summed E-state index contributed by atoms with van der Waals surface area (Å²) in [5.41, 5.74) is 9.67. The third kappa shape index (κ3) is 6.01. The number of piperidine rings is 1. The number of rotatable bonds is 6. The summed E-state index contributed by atoms with van der Waals surface area (Å²) in [6.07, 6.45) is 4.84. The number of hydrogen-bond acceptors (Lipinski definition) is 6. The second kappa shape index (κ2) is 10.1. The summed E-state index contributed by atoms with van der Waals surface area (Å²) >= 11 is 0. The molecule has 186 valence electrons. The van der Waals surface area contributed by atoms with Crippen LogP contribution in [0.4, 0.5) is 14.5 Å². The molecule has 2 fully saturated rings. The maximum absolute atomic E-state index is 14.0. The minimum absolute atomic E-state index is 0.0915. The van der Waals surface area contributed by atoms with Gasteiger partial charge in [0.15, 0.2) is 0 Å². The van der Waals surface area contributed by atoms with Gasteiger partial charge in [-0.2, -0.15) is 0 Å². The highest BCUT2D eigenvalue weighted by molar-refractivity contribution is 5.65. The Morgan fingerprint density at radius 1 is 1.31 bits per heavy atom. The molecule has 3 heterocycles. The lowest BCUT2D eigenvalue weighted by Gasteiger charge is -2.35. The smallest absolute Gasteiger partial charge is 0.265 e. The predicted octanol–water partition coefficient (Wildman–Crippen LogP) is 2.94. The molecule has 0 unspecified atom stereocenters. The van der Waals surface area contributed by atoms with Crippen molar-refractivity contribution >= 4 is 11.4 Å². The van der Waals surface area contributed by atoms with Crippen LogP contribution in [-0.2, 0) is 13.0 Å². The third-order valence-corrected chi connectivity index (χ3v) is 6.35. The zero-order chi connectivity index (χ0) is 25.2. The number of nitrogens with zero attached hydrogens (tertiary/aromatic N) is 4. The van der Waals surface area contributed by atoms with Gasteiger partial charge in [0.1, 0.15) is 0 Å². The molecule has 4 N–H and O–H groups in total. The number of hydrogen-bond donors (Lipinski definition) is 2. The maximum Gasteiger partial charge on any atom is 0.265 e. The minimum atomic E-state index is -2.71. The summed E-state index contributed by atoms with van der Waals surface area (Å²) < 4.78 is 29.5. The van der Waals surface area contributed by atoms with Gasteiger partial charge in [-0.05, 0) is 43.9 Å². The van der Waals surface area contributed by atoms with Gasteiger partial charge in [-0.15, -0.1) is 0 Å². The number of nitrogens with two attached hydrogens (primary N) is 2. The normalized spacial score (nSPS) is 17.9. The molecule has 2 aromatic rings. The number of anilines is 1. The Morgan fingerprint density at radius 2 is 2.09 bits per heavy atom. The van der Waals surface area contributed by atoms with Gasteiger partial charge in [0, 0.05) is 43.8 Å². The van der Waals surface area contributed by atoms with E-state index in [-0.39, 0.29) is 25.1 Å². The molecule has 1 aliphatic carbocycles. The summed E-state index contributed by atoms with van der Waals surface area (Å²) in [6, 6.07) is 6.83. The van der Waals surface area contributed by atoms with Crippen molar-refractivity contribution in [3.63, 3.8) is 0 Å². The second-order valence-electron chi connectivity index (χ2n) is 9.29. The molecule has 2 aliphatic rings. The summed E-state index contributed by atoms with van der Waals surface area (Å²) in [5.74, 6) is 10.0. The number of allylic oxidation sites excluding steroid dienone is 1. The summed E-state index contributed by atoms with van der Waals surface area (Å²) in [5, 5.41) is 1.37. The van der Waals surface area contributed by atoms with Crippen LogP contribution in [0, 0.1) is 17.8 Å². The number of likely N-dealkylation sites (N-methyl/N-ethyl adjacent to an activating group) is 1. The van der Waals surface area contributed by atoms with Crippen LogP contribution in [0.2, 0.25) is 0 Å². The van der Waals surface area contributed by atoms with E-state index >= 15 is 0 Å². The van der Waals surface area contributed by atoms with Crippen molar-refractivity contribution in [3.8, 4) is 11.8 Å². The molecule has 0 bridgehead atoms. The van der Waals surface area contributed by atoms with Crippen molar-refractivity contribution in [2.75, 3.05) is 25.0 Å². The lowest BCUT2D eigenvalue weighted by molar-refractivity contribution is -0.0117. The van der Waals surface area contributed by atoms with Crippen LogP contribution in [0.25, 0.3) is 5.70 Å². The van der Waals surface area contributed by atoms with Crippen LogP contribution in [0.1, 0.15) is 49.6 Å². The van der Waals surface area contributed by atoms with Crippen molar-refractivity contribution in [1.82, 2.24) is 14.6 Å². The second-order valence-corrected chi connectivity index (χ2v) is 9.29. The molecule has 9 heteroatoms. The molecule has 35 heavy (non-hydrogen) atoms. The number of aryl methyl sites for hydroxylation is 1. The van der Waals surface area contributed by atoms with E-state index in [0.717, 1.165) is 12.8 Å². The van der Waals surface area contributed by atoms with E-state index in [0.29, 0.717) is 59.3 Å². The molecule has 7 nitrogen and oxygen atoms in total. The van der Waals surface area contributed by atoms with E-state index in [2.05, 4.69) is 16.8 Å². The van der Waals surface area contributed by atoms with Crippen LogP contribution in [-0.4, -0.2) is 40.6 Å². The van der Waals surface area contributed by atoms with Gasteiger partial charge >= 0.3 is 0 Å². The van der Waals surface area contributed by atoms with Gasteiger partial charge in [-0.25, -0.2) is 19.6 Å². The Morgan fingerprint density at radius 3 is 2.71 bits per heavy atom. The van der Waals surface area contributed by atoms with Crippen molar-refractivity contribution < 1.29 is 8.78 Å². The number of alkyl halides is 2. The van der Waals surface area contributed by atoms with E-state index in [1.54, 1.807) is 36.3 Å². The average Bonchev–Trinajstić information content (AvgIpc) is 3.65. The first-order valence-corrected chi connectivity index (χ1v) is 12.0. The van der Waals surface area contributed by atoms with E-state index in [1.807, 2.05) is 6.92 Å². The fourth-order valence-corrected chi connectivity index (χ4v) is 4.19. The van der Waals surface area contributed by atoms with E-state index in [1.165, 1.54) is 15.6 Å². The standard InChI is InChI=1S/C26H32F2N6O/c1-3-20-22(34-13-4-12-26(27,28)17-34)10-9-21(31-20)25(29)23(32(2)30)16-33-14-11-19(15-24(33)35)8-7-18-5-6-18/h9-11,14-15,18H,3-6,12-13,16-17,29-30H2,1-2H3/b25-23-. The fourth-order valence-electron chi connectivity index (χ4n) is 4.19. The maximum atomic E-state index is 14.0. The molecule has 4 rings (SSSR count).